The molecule has 3 heterocycles. The molecule has 2 aliphatic heterocycles. The molecule has 2 atom stereocenters. The van der Waals surface area contributed by atoms with Gasteiger partial charge in [0.25, 0.3) is 5.78 Å². The van der Waals surface area contributed by atoms with Crippen molar-refractivity contribution in [1.29, 1.82) is 0 Å². The number of thiazole rings is 1. The fourth-order valence-electron chi connectivity index (χ4n) is 4.08. The molecule has 0 spiro atoms. The van der Waals surface area contributed by atoms with Crippen molar-refractivity contribution in [3.63, 3.8) is 0 Å². The molecule has 1 saturated heterocycles. The molecule has 0 bridgehead atoms. The highest BCUT2D eigenvalue weighted by molar-refractivity contribution is 9.10. The number of carbonyl (C=O) groups is 2. The van der Waals surface area contributed by atoms with E-state index < -0.39 is 17.7 Å². The lowest BCUT2D eigenvalue weighted by Crippen LogP contribution is -2.29. The number of aliphatic hydroxyl groups is 1. The third-order valence-electron chi connectivity index (χ3n) is 5.40. The van der Waals surface area contributed by atoms with E-state index >= 15 is 0 Å². The van der Waals surface area contributed by atoms with Gasteiger partial charge in [-0.15, -0.1) is 11.3 Å². The summed E-state index contributed by atoms with van der Waals surface area (Å²) in [5.41, 5.74) is 2.19. The van der Waals surface area contributed by atoms with Gasteiger partial charge >= 0.3 is 5.91 Å². The Labute approximate surface area is 190 Å². The van der Waals surface area contributed by atoms with Gasteiger partial charge in [-0.3, -0.25) is 14.5 Å². The number of benzene rings is 2. The molecule has 0 saturated carbocycles. The summed E-state index contributed by atoms with van der Waals surface area (Å²) in [6.07, 6.45) is 2.36. The Kier molecular flexibility index (Phi) is 4.91. The molecule has 1 fully saturated rings. The van der Waals surface area contributed by atoms with Gasteiger partial charge in [0.15, 0.2) is 5.13 Å². The quantitative estimate of drug-likeness (QED) is 0.318. The normalized spacial score (nSPS) is 21.9. The van der Waals surface area contributed by atoms with E-state index in [0.29, 0.717) is 16.3 Å². The number of nitrogens with zero attached hydrogens (tertiary/aromatic N) is 2. The smallest absolute Gasteiger partial charge is 0.301 e. The summed E-state index contributed by atoms with van der Waals surface area (Å²) in [6.45, 7) is 1.98. The topological polar surface area (TPSA) is 79.7 Å². The van der Waals surface area contributed by atoms with Crippen molar-refractivity contribution in [2.45, 2.75) is 25.5 Å². The predicted molar refractivity (Wildman–Crippen MR) is 121 cm³/mol. The Hall–Kier alpha value is -2.97. The van der Waals surface area contributed by atoms with E-state index in [0.717, 1.165) is 22.2 Å². The molecule has 8 heteroatoms. The average molecular weight is 497 g/mol. The van der Waals surface area contributed by atoms with E-state index in [-0.39, 0.29) is 17.4 Å². The van der Waals surface area contributed by atoms with Crippen molar-refractivity contribution >= 4 is 49.8 Å². The number of aromatic nitrogens is 1. The van der Waals surface area contributed by atoms with Crippen molar-refractivity contribution in [1.82, 2.24) is 4.98 Å². The molecule has 0 aliphatic carbocycles. The highest BCUT2D eigenvalue weighted by Gasteiger charge is 2.48. The average Bonchev–Trinajstić information content (AvgIpc) is 3.45. The Bertz CT molecular complexity index is 1240. The van der Waals surface area contributed by atoms with Crippen molar-refractivity contribution < 1.29 is 19.4 Å². The molecule has 5 rings (SSSR count). The van der Waals surface area contributed by atoms with Crippen molar-refractivity contribution in [2.75, 3.05) is 4.90 Å². The monoisotopic (exact) mass is 496 g/mol. The van der Waals surface area contributed by atoms with E-state index in [1.807, 2.05) is 37.3 Å². The van der Waals surface area contributed by atoms with Gasteiger partial charge < -0.3 is 9.84 Å². The Morgan fingerprint density at radius 2 is 2.10 bits per heavy atom. The van der Waals surface area contributed by atoms with Gasteiger partial charge in [-0.25, -0.2) is 4.98 Å². The first-order valence-electron chi connectivity index (χ1n) is 9.70. The zero-order valence-corrected chi connectivity index (χ0v) is 18.8. The second kappa shape index (κ2) is 7.62. The standard InChI is InChI=1S/C23H17BrN2O4S/c1-12-9-15-10-14(5-6-17(15)30-12)20(27)18-19(13-3-2-4-16(24)11-13)26(22(29)21(18)28)23-25-7-8-31-23/h2-8,10-12,19,27H,9H2,1H3/t12-,19-/m0/s1. The van der Waals surface area contributed by atoms with Crippen LogP contribution in [0.2, 0.25) is 0 Å². The van der Waals surface area contributed by atoms with Gasteiger partial charge in [-0.05, 0) is 48.4 Å². The molecule has 0 radical (unpaired) electrons. The van der Waals surface area contributed by atoms with Crippen molar-refractivity contribution in [3.05, 3.63) is 80.8 Å². The summed E-state index contributed by atoms with van der Waals surface area (Å²) in [4.78, 5) is 31.7. The number of carbonyl (C=O) groups excluding carboxylic acids is 2. The van der Waals surface area contributed by atoms with Gasteiger partial charge in [0, 0.05) is 28.0 Å². The first-order chi connectivity index (χ1) is 14.9. The molecule has 156 valence electrons. The van der Waals surface area contributed by atoms with Gasteiger partial charge in [0.2, 0.25) is 0 Å². The highest BCUT2D eigenvalue weighted by Crippen LogP contribution is 2.43. The maximum absolute atomic E-state index is 13.1. The number of amides is 1. The van der Waals surface area contributed by atoms with Crippen LogP contribution < -0.4 is 9.64 Å². The van der Waals surface area contributed by atoms with E-state index in [4.69, 9.17) is 4.74 Å². The van der Waals surface area contributed by atoms with Crippen molar-refractivity contribution in [3.8, 4) is 5.75 Å². The summed E-state index contributed by atoms with van der Waals surface area (Å²) >= 11 is 4.72. The van der Waals surface area contributed by atoms with Gasteiger partial charge in [-0.2, -0.15) is 0 Å². The first-order valence-corrected chi connectivity index (χ1v) is 11.4. The number of hydrogen-bond donors (Lipinski definition) is 1. The van der Waals surface area contributed by atoms with E-state index in [9.17, 15) is 14.7 Å². The van der Waals surface area contributed by atoms with Gasteiger partial charge in [0.1, 0.15) is 17.6 Å². The summed E-state index contributed by atoms with van der Waals surface area (Å²) in [7, 11) is 0. The SMILES string of the molecule is C[C@H]1Cc2cc(C(O)=C3C(=O)C(=O)N(c4nccs4)[C@H]3c3cccc(Br)c3)ccc2O1. The largest absolute Gasteiger partial charge is 0.507 e. The molecule has 0 unspecified atom stereocenters. The number of ether oxygens (including phenoxy) is 1. The Morgan fingerprint density at radius 3 is 2.84 bits per heavy atom. The number of hydrogen-bond acceptors (Lipinski definition) is 6. The van der Waals surface area contributed by atoms with Crippen LogP contribution in [0.15, 0.2) is 64.1 Å². The van der Waals surface area contributed by atoms with Crippen molar-refractivity contribution in [2.24, 2.45) is 0 Å². The number of halogens is 1. The number of fused-ring (bicyclic) bond motifs is 1. The lowest BCUT2D eigenvalue weighted by molar-refractivity contribution is -0.132. The second-order valence-corrected chi connectivity index (χ2v) is 9.28. The van der Waals surface area contributed by atoms with Crippen LogP contribution in [-0.4, -0.2) is 27.9 Å². The number of Topliss-reactive ketones (excluding diaryl/α,β-unsaturated/α-hetero) is 1. The Morgan fingerprint density at radius 1 is 1.26 bits per heavy atom. The van der Waals surface area contributed by atoms with Crippen LogP contribution in [0.3, 0.4) is 0 Å². The third kappa shape index (κ3) is 3.36. The molecule has 3 aromatic rings. The van der Waals surface area contributed by atoms with E-state index in [1.54, 1.807) is 23.7 Å². The van der Waals surface area contributed by atoms with Crippen LogP contribution >= 0.6 is 27.3 Å². The summed E-state index contributed by atoms with van der Waals surface area (Å²) in [6, 6.07) is 11.9. The first kappa shape index (κ1) is 20.0. The van der Waals surface area contributed by atoms with Crippen LogP contribution in [0.4, 0.5) is 5.13 Å². The second-order valence-electron chi connectivity index (χ2n) is 7.49. The summed E-state index contributed by atoms with van der Waals surface area (Å²) < 4.78 is 6.54. The Balaban J connectivity index is 1.69. The van der Waals surface area contributed by atoms with E-state index in [2.05, 4.69) is 20.9 Å². The molecular weight excluding hydrogens is 480 g/mol. The number of ketones is 1. The molecule has 31 heavy (non-hydrogen) atoms. The number of aliphatic hydroxyl groups excluding tert-OH is 1. The zero-order valence-electron chi connectivity index (χ0n) is 16.4. The predicted octanol–water partition coefficient (Wildman–Crippen LogP) is 4.86. The number of rotatable bonds is 3. The molecule has 2 aliphatic rings. The lowest BCUT2D eigenvalue weighted by atomic mass is 9.94. The highest BCUT2D eigenvalue weighted by atomic mass is 79.9. The third-order valence-corrected chi connectivity index (χ3v) is 6.67. The minimum Gasteiger partial charge on any atom is -0.507 e. The molecular formula is C23H17BrN2O4S. The lowest BCUT2D eigenvalue weighted by Gasteiger charge is -2.23. The van der Waals surface area contributed by atoms with Crippen LogP contribution in [0.25, 0.3) is 5.76 Å². The molecule has 1 aromatic heterocycles. The molecule has 2 aromatic carbocycles. The fraction of sp³-hybridized carbons (Fsp3) is 0.174. The number of anilines is 1. The van der Waals surface area contributed by atoms with Gasteiger partial charge in [-0.1, -0.05) is 28.1 Å². The minimum atomic E-state index is -0.785. The molecule has 1 amide bonds. The summed E-state index contributed by atoms with van der Waals surface area (Å²) in [5.74, 6) is -0.872. The fourth-order valence-corrected chi connectivity index (χ4v) is 5.17. The van der Waals surface area contributed by atoms with E-state index in [1.165, 1.54) is 16.2 Å². The van der Waals surface area contributed by atoms with Crippen LogP contribution in [0.5, 0.6) is 5.75 Å². The molecule has 6 nitrogen and oxygen atoms in total. The van der Waals surface area contributed by atoms with Crippen LogP contribution in [0.1, 0.15) is 29.7 Å². The minimum absolute atomic E-state index is 0.0465. The maximum atomic E-state index is 13.1. The molecule has 1 N–H and O–H groups in total. The van der Waals surface area contributed by atoms with Crippen LogP contribution in [0, 0.1) is 0 Å². The van der Waals surface area contributed by atoms with Crippen LogP contribution in [-0.2, 0) is 16.0 Å². The van der Waals surface area contributed by atoms with Gasteiger partial charge in [0.05, 0.1) is 11.6 Å². The zero-order chi connectivity index (χ0) is 21.7. The maximum Gasteiger partial charge on any atom is 0.301 e. The summed E-state index contributed by atoms with van der Waals surface area (Å²) in [5, 5.41) is 13.4.